The van der Waals surface area contributed by atoms with E-state index in [1.807, 2.05) is 74.5 Å². The molecule has 0 aliphatic carbocycles. The van der Waals surface area contributed by atoms with Crippen molar-refractivity contribution in [3.05, 3.63) is 94.7 Å². The number of nitrogens with one attached hydrogen (secondary N) is 1. The van der Waals surface area contributed by atoms with Crippen LogP contribution in [0.1, 0.15) is 45.2 Å². The van der Waals surface area contributed by atoms with E-state index < -0.39 is 0 Å². The molecule has 146 valence electrons. The van der Waals surface area contributed by atoms with Gasteiger partial charge in [-0.2, -0.15) is 0 Å². The van der Waals surface area contributed by atoms with Crippen molar-refractivity contribution in [2.24, 2.45) is 0 Å². The van der Waals surface area contributed by atoms with E-state index in [2.05, 4.69) is 10.3 Å². The van der Waals surface area contributed by atoms with E-state index in [0.717, 1.165) is 22.4 Å². The molecule has 0 fully saturated rings. The molecule has 5 heteroatoms. The fourth-order valence-corrected chi connectivity index (χ4v) is 3.71. The molecule has 4 rings (SSSR count). The zero-order valence-corrected chi connectivity index (χ0v) is 16.6. The van der Waals surface area contributed by atoms with Crippen LogP contribution < -0.4 is 5.32 Å². The van der Waals surface area contributed by atoms with Crippen molar-refractivity contribution in [3.8, 4) is 0 Å². The van der Waals surface area contributed by atoms with Gasteiger partial charge < -0.3 is 10.2 Å². The number of anilines is 1. The summed E-state index contributed by atoms with van der Waals surface area (Å²) in [5, 5.41) is 2.87. The number of benzene rings is 2. The average Bonchev–Trinajstić information content (AvgIpc) is 3.04. The third-order valence-electron chi connectivity index (χ3n) is 5.22. The third-order valence-corrected chi connectivity index (χ3v) is 5.22. The van der Waals surface area contributed by atoms with Gasteiger partial charge in [0.25, 0.3) is 5.91 Å². The van der Waals surface area contributed by atoms with Crippen LogP contribution in [0.3, 0.4) is 0 Å². The Bertz CT molecular complexity index is 1060. The van der Waals surface area contributed by atoms with Crippen molar-refractivity contribution >= 4 is 17.6 Å². The second-order valence-electron chi connectivity index (χ2n) is 7.43. The van der Waals surface area contributed by atoms with Gasteiger partial charge in [0.05, 0.1) is 12.5 Å². The molecule has 1 aliphatic heterocycles. The van der Waals surface area contributed by atoms with E-state index in [0.29, 0.717) is 17.9 Å². The fraction of sp³-hybridized carbons (Fsp3) is 0.208. The first-order valence-electron chi connectivity index (χ1n) is 9.70. The second kappa shape index (κ2) is 7.87. The van der Waals surface area contributed by atoms with Gasteiger partial charge in [0, 0.05) is 17.8 Å². The van der Waals surface area contributed by atoms with E-state index in [-0.39, 0.29) is 24.3 Å². The van der Waals surface area contributed by atoms with Crippen molar-refractivity contribution in [1.29, 1.82) is 0 Å². The maximum atomic E-state index is 13.0. The molecular weight excluding hydrogens is 362 g/mol. The van der Waals surface area contributed by atoms with Crippen LogP contribution in [-0.2, 0) is 11.3 Å². The first-order chi connectivity index (χ1) is 14.0. The predicted molar refractivity (Wildman–Crippen MR) is 112 cm³/mol. The number of carbonyl (C=O) groups is 2. The largest absolute Gasteiger partial charge is 0.327 e. The maximum Gasteiger partial charge on any atom is 0.255 e. The van der Waals surface area contributed by atoms with Crippen molar-refractivity contribution in [2.75, 3.05) is 5.32 Å². The molecule has 1 N–H and O–H groups in total. The zero-order chi connectivity index (χ0) is 20.4. The minimum absolute atomic E-state index is 0.0346. The smallest absolute Gasteiger partial charge is 0.255 e. The summed E-state index contributed by atoms with van der Waals surface area (Å²) in [7, 11) is 0. The highest BCUT2D eigenvalue weighted by molar-refractivity contribution is 5.99. The predicted octanol–water partition coefficient (Wildman–Crippen LogP) is 4.42. The Balaban J connectivity index is 1.60. The minimum atomic E-state index is -0.347. The van der Waals surface area contributed by atoms with Crippen LogP contribution in [0.15, 0.2) is 66.7 Å². The Morgan fingerprint density at radius 1 is 1.03 bits per heavy atom. The molecule has 0 saturated heterocycles. The van der Waals surface area contributed by atoms with E-state index >= 15 is 0 Å². The molecule has 2 aromatic carbocycles. The second-order valence-corrected chi connectivity index (χ2v) is 7.43. The molecule has 0 saturated carbocycles. The molecule has 0 unspecified atom stereocenters. The number of amides is 2. The minimum Gasteiger partial charge on any atom is -0.327 e. The van der Waals surface area contributed by atoms with Gasteiger partial charge in [-0.3, -0.25) is 9.59 Å². The van der Waals surface area contributed by atoms with Gasteiger partial charge in [0.2, 0.25) is 5.91 Å². The van der Waals surface area contributed by atoms with E-state index in [9.17, 15) is 9.59 Å². The number of nitrogens with zero attached hydrogens (tertiary/aromatic N) is 2. The molecule has 29 heavy (non-hydrogen) atoms. The summed E-state index contributed by atoms with van der Waals surface area (Å²) in [5.74, 6) is 0.318. The lowest BCUT2D eigenvalue weighted by Gasteiger charge is -2.28. The summed E-state index contributed by atoms with van der Waals surface area (Å²) in [6.45, 7) is 4.40. The Labute approximate surface area is 170 Å². The monoisotopic (exact) mass is 385 g/mol. The standard InChI is InChI=1S/C24H23N3O2/c1-16-10-12-18(13-11-16)21(14-23(28)26-22-9-5-6-17(2)25-22)27-15-19-7-3-4-8-20(19)24(27)29/h3-13,21H,14-15H2,1-2H3,(H,25,26,28)/t21-/m1/s1. The number of hydrogen-bond donors (Lipinski definition) is 1. The number of fused-ring (bicyclic) bond motifs is 1. The Morgan fingerprint density at radius 2 is 1.79 bits per heavy atom. The van der Waals surface area contributed by atoms with E-state index in [1.54, 1.807) is 11.0 Å². The normalized spacial score (nSPS) is 13.9. The van der Waals surface area contributed by atoms with Gasteiger partial charge in [0.1, 0.15) is 5.82 Å². The highest BCUT2D eigenvalue weighted by Gasteiger charge is 2.34. The molecule has 2 heterocycles. The number of carbonyl (C=O) groups excluding carboxylic acids is 2. The Hall–Kier alpha value is -3.47. The van der Waals surface area contributed by atoms with E-state index in [4.69, 9.17) is 0 Å². The summed E-state index contributed by atoms with van der Waals surface area (Å²) < 4.78 is 0. The highest BCUT2D eigenvalue weighted by atomic mass is 16.2. The van der Waals surface area contributed by atoms with Crippen molar-refractivity contribution in [3.63, 3.8) is 0 Å². The molecule has 1 atom stereocenters. The zero-order valence-electron chi connectivity index (χ0n) is 16.6. The highest BCUT2D eigenvalue weighted by Crippen LogP contribution is 2.33. The topological polar surface area (TPSA) is 62.3 Å². The lowest BCUT2D eigenvalue weighted by molar-refractivity contribution is -0.117. The summed E-state index contributed by atoms with van der Waals surface area (Å²) in [6.07, 6.45) is 0.165. The SMILES string of the molecule is Cc1ccc([C@@H](CC(=O)Nc2cccc(C)n2)N2Cc3ccccc3C2=O)cc1. The van der Waals surface area contributed by atoms with Gasteiger partial charge in [0.15, 0.2) is 0 Å². The molecule has 0 spiro atoms. The quantitative estimate of drug-likeness (QED) is 0.707. The third kappa shape index (κ3) is 4.04. The average molecular weight is 385 g/mol. The van der Waals surface area contributed by atoms with Gasteiger partial charge in [-0.1, -0.05) is 54.1 Å². The summed E-state index contributed by atoms with van der Waals surface area (Å²) >= 11 is 0. The van der Waals surface area contributed by atoms with Crippen LogP contribution in [-0.4, -0.2) is 21.7 Å². The molecule has 0 bridgehead atoms. The number of aryl methyl sites for hydroxylation is 2. The first kappa shape index (κ1) is 18.9. The van der Waals surface area contributed by atoms with Crippen LogP contribution in [0, 0.1) is 13.8 Å². The molecule has 2 amide bonds. The Morgan fingerprint density at radius 3 is 2.52 bits per heavy atom. The first-order valence-corrected chi connectivity index (χ1v) is 9.70. The fourth-order valence-electron chi connectivity index (χ4n) is 3.71. The lowest BCUT2D eigenvalue weighted by atomic mass is 10.00. The van der Waals surface area contributed by atoms with Crippen LogP contribution in [0.2, 0.25) is 0 Å². The van der Waals surface area contributed by atoms with Crippen molar-refractivity contribution in [1.82, 2.24) is 9.88 Å². The number of rotatable bonds is 5. The number of hydrogen-bond acceptors (Lipinski definition) is 3. The summed E-state index contributed by atoms with van der Waals surface area (Å²) in [4.78, 5) is 32.0. The number of aromatic nitrogens is 1. The van der Waals surface area contributed by atoms with Gasteiger partial charge in [-0.25, -0.2) is 4.98 Å². The summed E-state index contributed by atoms with van der Waals surface area (Å²) in [5.41, 5.74) is 4.63. The summed E-state index contributed by atoms with van der Waals surface area (Å²) in [6, 6.07) is 20.8. The van der Waals surface area contributed by atoms with Crippen LogP contribution in [0.25, 0.3) is 0 Å². The van der Waals surface area contributed by atoms with Crippen LogP contribution in [0.4, 0.5) is 5.82 Å². The molecule has 1 aromatic heterocycles. The Kier molecular flexibility index (Phi) is 5.12. The van der Waals surface area contributed by atoms with Gasteiger partial charge >= 0.3 is 0 Å². The van der Waals surface area contributed by atoms with Crippen molar-refractivity contribution < 1.29 is 9.59 Å². The van der Waals surface area contributed by atoms with Gasteiger partial charge in [-0.05, 0) is 43.2 Å². The maximum absolute atomic E-state index is 13.0. The molecule has 3 aromatic rings. The van der Waals surface area contributed by atoms with Crippen LogP contribution in [0.5, 0.6) is 0 Å². The van der Waals surface area contributed by atoms with Crippen LogP contribution >= 0.6 is 0 Å². The van der Waals surface area contributed by atoms with Crippen molar-refractivity contribution in [2.45, 2.75) is 32.9 Å². The van der Waals surface area contributed by atoms with E-state index in [1.165, 1.54) is 0 Å². The molecule has 5 nitrogen and oxygen atoms in total. The molecular formula is C24H23N3O2. The van der Waals surface area contributed by atoms with Gasteiger partial charge in [-0.15, -0.1) is 0 Å². The molecule has 1 aliphatic rings. The number of pyridine rings is 1. The molecule has 0 radical (unpaired) electrons. The lowest BCUT2D eigenvalue weighted by Crippen LogP contribution is -2.32.